The Labute approximate surface area is 154 Å². The van der Waals surface area contributed by atoms with E-state index in [0.29, 0.717) is 0 Å². The van der Waals surface area contributed by atoms with E-state index in [4.69, 9.17) is 24.2 Å². The number of rotatable bonds is 8. The molecule has 0 saturated carbocycles. The van der Waals surface area contributed by atoms with E-state index >= 15 is 0 Å². The number of carbonyl (C=O) groups is 2. The first kappa shape index (κ1) is 22.0. The van der Waals surface area contributed by atoms with Crippen LogP contribution in [0.1, 0.15) is 20.7 Å². The van der Waals surface area contributed by atoms with Gasteiger partial charge in [0.25, 0.3) is 10.1 Å². The molecule has 0 spiro atoms. The standard InChI is InChI=1S/C12H13O9S.Na/c13-4-5-20-6-7-21-12(16)9-3-1-2-8(11(14)15)10(9)22(17,18)19;/h1,3,13H,4-7H2,(H,14,15)(H,17,18,19);/q-1;+1. The van der Waals surface area contributed by atoms with Gasteiger partial charge in [0.15, 0.2) is 0 Å². The van der Waals surface area contributed by atoms with Crippen molar-refractivity contribution in [2.24, 2.45) is 0 Å². The number of aliphatic hydroxyl groups excluding tert-OH is 1. The zero-order valence-corrected chi connectivity index (χ0v) is 15.0. The molecule has 0 aromatic heterocycles. The van der Waals surface area contributed by atoms with E-state index in [1.165, 1.54) is 0 Å². The molecule has 122 valence electrons. The van der Waals surface area contributed by atoms with Gasteiger partial charge >= 0.3 is 35.5 Å². The molecular weight excluding hydrogens is 343 g/mol. The van der Waals surface area contributed by atoms with Crippen LogP contribution in [0.15, 0.2) is 17.0 Å². The third-order valence-corrected chi connectivity index (χ3v) is 3.28. The summed E-state index contributed by atoms with van der Waals surface area (Å²) in [5, 5.41) is 17.4. The van der Waals surface area contributed by atoms with Crippen molar-refractivity contribution in [2.75, 3.05) is 26.4 Å². The minimum absolute atomic E-state index is 0. The summed E-state index contributed by atoms with van der Waals surface area (Å²) in [5.74, 6) is -2.81. The SMILES string of the molecule is O=C(O)c1[c-]ccc(C(=O)OCCOCCO)c1S(=O)(=O)O.[Na+]. The summed E-state index contributed by atoms with van der Waals surface area (Å²) < 4.78 is 41.3. The van der Waals surface area contributed by atoms with Gasteiger partial charge in [-0.1, -0.05) is 0 Å². The van der Waals surface area contributed by atoms with E-state index in [0.717, 1.165) is 12.1 Å². The first-order chi connectivity index (χ1) is 10.3. The van der Waals surface area contributed by atoms with Crippen LogP contribution in [0, 0.1) is 6.07 Å². The van der Waals surface area contributed by atoms with Crippen LogP contribution in [0.3, 0.4) is 0 Å². The summed E-state index contributed by atoms with van der Waals surface area (Å²) in [6.07, 6.45) is 0. The number of hydrogen-bond donors (Lipinski definition) is 3. The van der Waals surface area contributed by atoms with Crippen molar-refractivity contribution < 1.29 is 71.8 Å². The molecule has 0 atom stereocenters. The molecule has 0 fully saturated rings. The van der Waals surface area contributed by atoms with Gasteiger partial charge in [-0.2, -0.15) is 0 Å². The second-order valence-corrected chi connectivity index (χ2v) is 5.21. The normalized spacial score (nSPS) is 10.7. The van der Waals surface area contributed by atoms with Gasteiger partial charge < -0.3 is 24.5 Å². The van der Waals surface area contributed by atoms with E-state index in [1.807, 2.05) is 0 Å². The minimum atomic E-state index is -4.97. The van der Waals surface area contributed by atoms with Crippen LogP contribution in [0.4, 0.5) is 0 Å². The van der Waals surface area contributed by atoms with Gasteiger partial charge in [0.05, 0.1) is 19.8 Å². The molecule has 0 saturated heterocycles. The monoisotopic (exact) mass is 356 g/mol. The molecule has 1 rings (SSSR count). The number of carboxylic acids is 1. The Morgan fingerprint density at radius 2 is 1.87 bits per heavy atom. The average molecular weight is 356 g/mol. The largest absolute Gasteiger partial charge is 1.00 e. The molecule has 23 heavy (non-hydrogen) atoms. The zero-order chi connectivity index (χ0) is 16.8. The third-order valence-electron chi connectivity index (χ3n) is 2.34. The summed E-state index contributed by atoms with van der Waals surface area (Å²) in [6.45, 7) is -0.461. The summed E-state index contributed by atoms with van der Waals surface area (Å²) in [7, 11) is -4.97. The third kappa shape index (κ3) is 6.55. The molecule has 0 aliphatic rings. The summed E-state index contributed by atoms with van der Waals surface area (Å²) in [4.78, 5) is 21.7. The maximum absolute atomic E-state index is 11.8. The van der Waals surface area contributed by atoms with Crippen molar-refractivity contribution in [3.05, 3.63) is 29.3 Å². The molecule has 3 N–H and O–H groups in total. The maximum atomic E-state index is 11.8. The molecule has 1 aromatic rings. The summed E-state index contributed by atoms with van der Waals surface area (Å²) in [5.41, 5.74) is -1.49. The van der Waals surface area contributed by atoms with Crippen molar-refractivity contribution in [3.63, 3.8) is 0 Å². The number of carboxylic acid groups (broad SMARTS) is 1. The quantitative estimate of drug-likeness (QED) is 0.142. The molecule has 0 aliphatic carbocycles. The van der Waals surface area contributed by atoms with Crippen molar-refractivity contribution in [1.82, 2.24) is 0 Å². The Balaban J connectivity index is 0.00000484. The van der Waals surface area contributed by atoms with Crippen molar-refractivity contribution in [2.45, 2.75) is 4.90 Å². The van der Waals surface area contributed by atoms with E-state index in [-0.39, 0.29) is 56.0 Å². The average Bonchev–Trinajstić information content (AvgIpc) is 2.45. The zero-order valence-electron chi connectivity index (χ0n) is 12.2. The molecule has 9 nitrogen and oxygen atoms in total. The molecule has 0 unspecified atom stereocenters. The fourth-order valence-corrected chi connectivity index (χ4v) is 2.34. The number of carbonyl (C=O) groups excluding carboxylic acids is 1. The van der Waals surface area contributed by atoms with Crippen LogP contribution in [0.25, 0.3) is 0 Å². The van der Waals surface area contributed by atoms with E-state index in [2.05, 4.69) is 6.07 Å². The number of hydrogen-bond acceptors (Lipinski definition) is 7. The number of esters is 1. The Morgan fingerprint density at radius 3 is 2.39 bits per heavy atom. The van der Waals surface area contributed by atoms with Crippen LogP contribution in [0.2, 0.25) is 0 Å². The molecule has 0 bridgehead atoms. The number of aliphatic hydroxyl groups is 1. The molecule has 0 aliphatic heterocycles. The van der Waals surface area contributed by atoms with Crippen LogP contribution >= 0.6 is 0 Å². The predicted molar refractivity (Wildman–Crippen MR) is 70.2 cm³/mol. The van der Waals surface area contributed by atoms with Crippen molar-refractivity contribution in [3.8, 4) is 0 Å². The van der Waals surface area contributed by atoms with E-state index in [9.17, 15) is 18.0 Å². The number of aromatic carboxylic acids is 1. The fraction of sp³-hybridized carbons (Fsp3) is 0.333. The van der Waals surface area contributed by atoms with Gasteiger partial charge in [-0.15, -0.1) is 18.2 Å². The Morgan fingerprint density at radius 1 is 1.22 bits per heavy atom. The first-order valence-corrected chi connectivity index (χ1v) is 7.34. The van der Waals surface area contributed by atoms with E-state index < -0.39 is 38.1 Å². The van der Waals surface area contributed by atoms with Gasteiger partial charge in [-0.05, 0) is 11.1 Å². The predicted octanol–water partition coefficient (Wildman–Crippen LogP) is -3.40. The summed E-state index contributed by atoms with van der Waals surface area (Å²) in [6, 6.07) is 4.11. The van der Waals surface area contributed by atoms with Crippen molar-refractivity contribution in [1.29, 1.82) is 0 Å². The minimum Gasteiger partial charge on any atom is -0.521 e. The van der Waals surface area contributed by atoms with Crippen LogP contribution in [-0.4, -0.2) is 61.5 Å². The Kier molecular flexibility index (Phi) is 9.54. The number of benzene rings is 1. The Bertz CT molecular complexity index is 656. The molecular formula is C12H13NaO9S. The summed E-state index contributed by atoms with van der Waals surface area (Å²) >= 11 is 0. The van der Waals surface area contributed by atoms with Gasteiger partial charge in [-0.3, -0.25) is 4.55 Å². The van der Waals surface area contributed by atoms with Gasteiger partial charge in [0, 0.05) is 4.90 Å². The second kappa shape index (κ2) is 9.98. The number of ether oxygens (including phenoxy) is 2. The molecule has 1 aromatic carbocycles. The van der Waals surface area contributed by atoms with Gasteiger partial charge in [0.1, 0.15) is 6.61 Å². The topological polar surface area (TPSA) is 147 Å². The second-order valence-electron chi connectivity index (χ2n) is 3.85. The molecule has 0 radical (unpaired) electrons. The first-order valence-electron chi connectivity index (χ1n) is 5.90. The maximum Gasteiger partial charge on any atom is 1.00 e. The van der Waals surface area contributed by atoms with Gasteiger partial charge in [-0.25, -0.2) is 13.2 Å². The van der Waals surface area contributed by atoms with E-state index in [1.54, 1.807) is 0 Å². The van der Waals surface area contributed by atoms with Gasteiger partial charge in [0.2, 0.25) is 5.97 Å². The Hall–Kier alpha value is -1.01. The molecule has 0 heterocycles. The van der Waals surface area contributed by atoms with Crippen LogP contribution in [0.5, 0.6) is 0 Å². The molecule has 11 heteroatoms. The smallest absolute Gasteiger partial charge is 0.521 e. The molecule has 0 amide bonds. The fourth-order valence-electron chi connectivity index (χ4n) is 1.51. The van der Waals surface area contributed by atoms with Crippen LogP contribution in [-0.2, 0) is 19.6 Å². The van der Waals surface area contributed by atoms with Crippen LogP contribution < -0.4 is 29.6 Å². The van der Waals surface area contributed by atoms with Crippen molar-refractivity contribution >= 4 is 22.1 Å².